The van der Waals surface area contributed by atoms with E-state index in [1.54, 1.807) is 16.6 Å². The number of hydrogen-bond acceptors (Lipinski definition) is 7. The zero-order valence-corrected chi connectivity index (χ0v) is 21.4. The number of pyridine rings is 1. The summed E-state index contributed by atoms with van der Waals surface area (Å²) < 4.78 is 25.4. The fourth-order valence-electron chi connectivity index (χ4n) is 4.74. The first-order valence-corrected chi connectivity index (χ1v) is 14.0. The Balaban J connectivity index is 1.34. The van der Waals surface area contributed by atoms with Gasteiger partial charge in [-0.15, -0.1) is 0 Å². The third-order valence-electron chi connectivity index (χ3n) is 6.53. The molecule has 0 saturated carbocycles. The van der Waals surface area contributed by atoms with Gasteiger partial charge in [-0.3, -0.25) is 4.90 Å². The summed E-state index contributed by atoms with van der Waals surface area (Å²) in [6.45, 7) is 6.31. The summed E-state index contributed by atoms with van der Waals surface area (Å²) >= 11 is 0. The first kappa shape index (κ1) is 24.4. The Morgan fingerprint density at radius 3 is 2.44 bits per heavy atom. The lowest BCUT2D eigenvalue weighted by molar-refractivity contribution is 0.123. The number of fused-ring (bicyclic) bond motifs is 1. The Morgan fingerprint density at radius 2 is 1.75 bits per heavy atom. The van der Waals surface area contributed by atoms with E-state index in [1.165, 1.54) is 11.9 Å². The number of rotatable bonds is 7. The molecule has 9 heteroatoms. The number of piperazine rings is 1. The SMILES string of the molecule is C[C@@H](O)CN1CCN(c2cccc(Cc3nc4c(-c5ccc(S(C)(=O)=O)cc5)cccn4n3)c2)CC1. The first-order valence-electron chi connectivity index (χ1n) is 12.2. The van der Waals surface area contributed by atoms with Gasteiger partial charge in [-0.2, -0.15) is 5.10 Å². The third kappa shape index (κ3) is 5.43. The van der Waals surface area contributed by atoms with Crippen molar-refractivity contribution in [3.05, 3.63) is 78.2 Å². The van der Waals surface area contributed by atoms with Crippen LogP contribution in [0, 0.1) is 0 Å². The van der Waals surface area contributed by atoms with Crippen molar-refractivity contribution in [1.82, 2.24) is 19.5 Å². The van der Waals surface area contributed by atoms with Crippen molar-refractivity contribution in [2.75, 3.05) is 43.9 Å². The van der Waals surface area contributed by atoms with Crippen molar-refractivity contribution < 1.29 is 13.5 Å². The predicted octanol–water partition coefficient (Wildman–Crippen LogP) is 2.89. The van der Waals surface area contributed by atoms with Crippen LogP contribution in [0.1, 0.15) is 18.3 Å². The van der Waals surface area contributed by atoms with E-state index in [0.29, 0.717) is 11.3 Å². The molecule has 1 saturated heterocycles. The summed E-state index contributed by atoms with van der Waals surface area (Å²) in [7, 11) is -3.24. The van der Waals surface area contributed by atoms with Gasteiger partial charge in [0.2, 0.25) is 0 Å². The van der Waals surface area contributed by atoms with E-state index in [4.69, 9.17) is 10.1 Å². The molecule has 0 amide bonds. The van der Waals surface area contributed by atoms with E-state index in [9.17, 15) is 13.5 Å². The van der Waals surface area contributed by atoms with E-state index >= 15 is 0 Å². The number of hydrogen-bond donors (Lipinski definition) is 1. The summed E-state index contributed by atoms with van der Waals surface area (Å²) in [6, 6.07) is 19.3. The van der Waals surface area contributed by atoms with E-state index < -0.39 is 9.84 Å². The Bertz CT molecular complexity index is 1460. The van der Waals surface area contributed by atoms with Gasteiger partial charge in [0.05, 0.1) is 11.0 Å². The first-order chi connectivity index (χ1) is 17.3. The van der Waals surface area contributed by atoms with E-state index in [1.807, 2.05) is 37.4 Å². The van der Waals surface area contributed by atoms with E-state index in [2.05, 4.69) is 34.1 Å². The van der Waals surface area contributed by atoms with Crippen LogP contribution in [0.2, 0.25) is 0 Å². The van der Waals surface area contributed by atoms with Gasteiger partial charge in [0.15, 0.2) is 21.3 Å². The Kier molecular flexibility index (Phi) is 6.79. The number of anilines is 1. The predicted molar refractivity (Wildman–Crippen MR) is 141 cm³/mol. The lowest BCUT2D eigenvalue weighted by Gasteiger charge is -2.36. The van der Waals surface area contributed by atoms with Crippen LogP contribution in [-0.4, -0.2) is 78.1 Å². The van der Waals surface area contributed by atoms with Crippen LogP contribution < -0.4 is 4.90 Å². The van der Waals surface area contributed by atoms with Crippen molar-refractivity contribution in [3.63, 3.8) is 0 Å². The van der Waals surface area contributed by atoms with Gasteiger partial charge in [0.1, 0.15) is 0 Å². The van der Waals surface area contributed by atoms with E-state index in [-0.39, 0.29) is 6.10 Å². The molecule has 8 nitrogen and oxygen atoms in total. The number of aliphatic hydroxyl groups is 1. The molecule has 1 aliphatic heterocycles. The number of benzene rings is 2. The van der Waals surface area contributed by atoms with Gasteiger partial charge in [0, 0.05) is 62.8 Å². The highest BCUT2D eigenvalue weighted by atomic mass is 32.2. The molecule has 3 heterocycles. The molecule has 5 rings (SSSR count). The fourth-order valence-corrected chi connectivity index (χ4v) is 5.37. The molecule has 36 heavy (non-hydrogen) atoms. The maximum atomic E-state index is 11.8. The molecule has 0 radical (unpaired) electrons. The largest absolute Gasteiger partial charge is 0.392 e. The second-order valence-electron chi connectivity index (χ2n) is 9.50. The number of aromatic nitrogens is 3. The summed E-state index contributed by atoms with van der Waals surface area (Å²) in [5, 5.41) is 14.3. The van der Waals surface area contributed by atoms with Crippen LogP contribution in [-0.2, 0) is 16.3 Å². The third-order valence-corrected chi connectivity index (χ3v) is 7.66. The average molecular weight is 506 g/mol. The molecule has 188 valence electrons. The molecule has 4 aromatic rings. The van der Waals surface area contributed by atoms with Gasteiger partial charge < -0.3 is 10.0 Å². The van der Waals surface area contributed by atoms with Gasteiger partial charge in [-0.25, -0.2) is 17.9 Å². The molecule has 0 unspecified atom stereocenters. The smallest absolute Gasteiger partial charge is 0.175 e. The lowest BCUT2D eigenvalue weighted by atomic mass is 10.1. The van der Waals surface area contributed by atoms with Gasteiger partial charge in [-0.1, -0.05) is 24.3 Å². The van der Waals surface area contributed by atoms with Crippen LogP contribution >= 0.6 is 0 Å². The lowest BCUT2D eigenvalue weighted by Crippen LogP contribution is -2.48. The molecule has 1 N–H and O–H groups in total. The number of sulfone groups is 1. The standard InChI is InChI=1S/C27H31N5O3S/c1-20(33)19-30-13-15-31(16-14-30)23-6-3-5-21(17-23)18-26-28-27-25(7-4-12-32(27)29-26)22-8-10-24(11-9-22)36(2,34)35/h3-12,17,20,33H,13-16,18-19H2,1-2H3/t20-/m1/s1. The molecule has 0 bridgehead atoms. The second kappa shape index (κ2) is 10.0. The summed E-state index contributed by atoms with van der Waals surface area (Å²) in [6.07, 6.45) is 3.40. The number of aliphatic hydroxyl groups excluding tert-OH is 1. The quantitative estimate of drug-likeness (QED) is 0.413. The van der Waals surface area contributed by atoms with Crippen molar-refractivity contribution >= 4 is 21.2 Å². The molecule has 0 aliphatic carbocycles. The molecular weight excluding hydrogens is 474 g/mol. The van der Waals surface area contributed by atoms with Gasteiger partial charge in [-0.05, 0) is 54.4 Å². The molecule has 1 fully saturated rings. The van der Waals surface area contributed by atoms with Crippen molar-refractivity contribution in [1.29, 1.82) is 0 Å². The molecular formula is C27H31N5O3S. The minimum absolute atomic E-state index is 0.296. The molecule has 2 aromatic heterocycles. The fraction of sp³-hybridized carbons (Fsp3) is 0.333. The van der Waals surface area contributed by atoms with Crippen LogP contribution in [0.4, 0.5) is 5.69 Å². The molecule has 0 spiro atoms. The number of β-amino-alcohol motifs (C(OH)–C–C–N with tert-alkyl or cyclic N) is 1. The maximum Gasteiger partial charge on any atom is 0.175 e. The Labute approximate surface area is 211 Å². The minimum Gasteiger partial charge on any atom is -0.392 e. The van der Waals surface area contributed by atoms with Crippen LogP contribution in [0.15, 0.2) is 71.8 Å². The zero-order valence-electron chi connectivity index (χ0n) is 20.6. The highest BCUT2D eigenvalue weighted by molar-refractivity contribution is 7.90. The monoisotopic (exact) mass is 505 g/mol. The van der Waals surface area contributed by atoms with E-state index in [0.717, 1.165) is 60.9 Å². The normalized spacial score (nSPS) is 15.9. The maximum absolute atomic E-state index is 11.8. The van der Waals surface area contributed by atoms with Crippen molar-refractivity contribution in [2.24, 2.45) is 0 Å². The van der Waals surface area contributed by atoms with Crippen LogP contribution in [0.5, 0.6) is 0 Å². The second-order valence-corrected chi connectivity index (χ2v) is 11.5. The highest BCUT2D eigenvalue weighted by Gasteiger charge is 2.19. The van der Waals surface area contributed by atoms with Crippen molar-refractivity contribution in [3.8, 4) is 11.1 Å². The summed E-state index contributed by atoms with van der Waals surface area (Å²) in [4.78, 5) is 9.81. The summed E-state index contributed by atoms with van der Waals surface area (Å²) in [5.41, 5.74) is 4.88. The van der Waals surface area contributed by atoms with Crippen molar-refractivity contribution in [2.45, 2.75) is 24.3 Å². The Morgan fingerprint density at radius 1 is 1.00 bits per heavy atom. The Hall–Kier alpha value is -3.27. The minimum atomic E-state index is -3.24. The molecule has 1 atom stereocenters. The average Bonchev–Trinajstić information content (AvgIpc) is 3.26. The molecule has 2 aromatic carbocycles. The van der Waals surface area contributed by atoms with Crippen LogP contribution in [0.25, 0.3) is 16.8 Å². The number of nitrogens with zero attached hydrogens (tertiary/aromatic N) is 5. The van der Waals surface area contributed by atoms with Crippen LogP contribution in [0.3, 0.4) is 0 Å². The molecule has 1 aliphatic rings. The van der Waals surface area contributed by atoms with Gasteiger partial charge >= 0.3 is 0 Å². The zero-order chi connectivity index (χ0) is 25.3. The summed E-state index contributed by atoms with van der Waals surface area (Å²) in [5.74, 6) is 0.731. The topological polar surface area (TPSA) is 91.0 Å². The van der Waals surface area contributed by atoms with Gasteiger partial charge in [0.25, 0.3) is 0 Å². The highest BCUT2D eigenvalue weighted by Crippen LogP contribution is 2.26.